The average molecular weight is 210 g/mol. The summed E-state index contributed by atoms with van der Waals surface area (Å²) in [5.41, 5.74) is 0.677. The predicted octanol–water partition coefficient (Wildman–Crippen LogP) is 2.16. The molecule has 2 rings (SSSR count). The van der Waals surface area contributed by atoms with Gasteiger partial charge in [-0.3, -0.25) is 0 Å². The summed E-state index contributed by atoms with van der Waals surface area (Å²) >= 11 is 0. The zero-order valence-electron chi connectivity index (χ0n) is 10.1. The van der Waals surface area contributed by atoms with Crippen LogP contribution < -0.4 is 10.6 Å². The molecule has 0 aliphatic heterocycles. The molecule has 0 amide bonds. The van der Waals surface area contributed by atoms with Crippen molar-refractivity contribution in [3.63, 3.8) is 0 Å². The van der Waals surface area contributed by atoms with Gasteiger partial charge in [0, 0.05) is 19.6 Å². The van der Waals surface area contributed by atoms with Crippen LogP contribution in [-0.2, 0) is 0 Å². The maximum atomic E-state index is 3.61. The highest BCUT2D eigenvalue weighted by molar-refractivity contribution is 4.88. The maximum Gasteiger partial charge on any atom is 0.00769 e. The second-order valence-corrected chi connectivity index (χ2v) is 5.53. The zero-order chi connectivity index (χ0) is 10.6. The molecule has 2 fully saturated rings. The quantitative estimate of drug-likeness (QED) is 0.600. The first-order chi connectivity index (χ1) is 7.35. The fourth-order valence-electron chi connectivity index (χ4n) is 2.49. The fourth-order valence-corrected chi connectivity index (χ4v) is 2.49. The van der Waals surface area contributed by atoms with Gasteiger partial charge in [0.05, 0.1) is 0 Å². The Labute approximate surface area is 94.2 Å². The van der Waals surface area contributed by atoms with E-state index in [0.717, 1.165) is 19.0 Å². The number of hydrogen-bond acceptors (Lipinski definition) is 2. The molecule has 2 heteroatoms. The van der Waals surface area contributed by atoms with E-state index in [0.29, 0.717) is 5.41 Å². The highest BCUT2D eigenvalue weighted by atomic mass is 15.0. The normalized spacial score (nSPS) is 23.8. The molecule has 0 aromatic heterocycles. The highest BCUT2D eigenvalue weighted by Crippen LogP contribution is 2.42. The molecule has 0 heterocycles. The van der Waals surface area contributed by atoms with Crippen LogP contribution in [0.5, 0.6) is 0 Å². The van der Waals surface area contributed by atoms with Crippen molar-refractivity contribution < 1.29 is 0 Å². The van der Waals surface area contributed by atoms with E-state index in [2.05, 4.69) is 17.6 Å². The Morgan fingerprint density at radius 1 is 1.13 bits per heavy atom. The summed E-state index contributed by atoms with van der Waals surface area (Å²) in [5, 5.41) is 7.14. The van der Waals surface area contributed by atoms with Gasteiger partial charge < -0.3 is 10.6 Å². The summed E-state index contributed by atoms with van der Waals surface area (Å²) in [6.07, 6.45) is 8.63. The largest absolute Gasteiger partial charge is 0.315 e. The molecular formula is C13H26N2. The van der Waals surface area contributed by atoms with E-state index in [4.69, 9.17) is 0 Å². The van der Waals surface area contributed by atoms with E-state index in [-0.39, 0.29) is 0 Å². The van der Waals surface area contributed by atoms with Crippen LogP contribution in [0.25, 0.3) is 0 Å². The van der Waals surface area contributed by atoms with Crippen molar-refractivity contribution in [2.75, 3.05) is 26.2 Å². The fraction of sp³-hybridized carbons (Fsp3) is 1.00. The Morgan fingerprint density at radius 2 is 1.87 bits per heavy atom. The minimum Gasteiger partial charge on any atom is -0.315 e. The molecule has 0 aromatic rings. The van der Waals surface area contributed by atoms with Gasteiger partial charge in [0.15, 0.2) is 0 Å². The van der Waals surface area contributed by atoms with Crippen molar-refractivity contribution in [3.05, 3.63) is 0 Å². The maximum absolute atomic E-state index is 3.61. The van der Waals surface area contributed by atoms with Crippen molar-refractivity contribution in [3.8, 4) is 0 Å². The molecule has 0 aromatic carbocycles. The predicted molar refractivity (Wildman–Crippen MR) is 65.0 cm³/mol. The monoisotopic (exact) mass is 210 g/mol. The van der Waals surface area contributed by atoms with Crippen molar-refractivity contribution >= 4 is 0 Å². The molecular weight excluding hydrogens is 184 g/mol. The van der Waals surface area contributed by atoms with Crippen LogP contribution in [0.15, 0.2) is 0 Å². The third kappa shape index (κ3) is 3.46. The Bertz CT molecular complexity index is 177. The van der Waals surface area contributed by atoms with Crippen molar-refractivity contribution in [1.29, 1.82) is 0 Å². The lowest BCUT2D eigenvalue weighted by atomic mass is 9.67. The van der Waals surface area contributed by atoms with Gasteiger partial charge >= 0.3 is 0 Å². The molecule has 2 aliphatic rings. The smallest absolute Gasteiger partial charge is 0.00769 e. The first-order valence-electron chi connectivity index (χ1n) is 6.76. The molecule has 0 spiro atoms. The lowest BCUT2D eigenvalue weighted by molar-refractivity contribution is 0.124. The lowest BCUT2D eigenvalue weighted by Crippen LogP contribution is -2.41. The number of hydrogen-bond donors (Lipinski definition) is 2. The van der Waals surface area contributed by atoms with Crippen LogP contribution in [0.3, 0.4) is 0 Å². The number of nitrogens with one attached hydrogen (secondary N) is 2. The first kappa shape index (κ1) is 11.4. The summed E-state index contributed by atoms with van der Waals surface area (Å²) in [5.74, 6) is 1.01. The van der Waals surface area contributed by atoms with Gasteiger partial charge in [0.25, 0.3) is 0 Å². The summed E-state index contributed by atoms with van der Waals surface area (Å²) in [7, 11) is 0. The van der Waals surface area contributed by atoms with Gasteiger partial charge in [-0.1, -0.05) is 13.3 Å². The molecule has 0 saturated heterocycles. The minimum atomic E-state index is 0.677. The second-order valence-electron chi connectivity index (χ2n) is 5.53. The molecule has 2 aliphatic carbocycles. The van der Waals surface area contributed by atoms with Crippen LogP contribution in [0.2, 0.25) is 0 Å². The van der Waals surface area contributed by atoms with Gasteiger partial charge in [-0.15, -0.1) is 0 Å². The lowest BCUT2D eigenvalue weighted by Gasteiger charge is -2.41. The van der Waals surface area contributed by atoms with E-state index in [1.165, 1.54) is 51.6 Å². The van der Waals surface area contributed by atoms with E-state index >= 15 is 0 Å². The van der Waals surface area contributed by atoms with Crippen LogP contribution in [0.1, 0.15) is 45.4 Å². The summed E-state index contributed by atoms with van der Waals surface area (Å²) in [4.78, 5) is 0. The van der Waals surface area contributed by atoms with E-state index in [1.54, 1.807) is 0 Å². The van der Waals surface area contributed by atoms with Crippen LogP contribution in [0, 0.1) is 11.3 Å². The summed E-state index contributed by atoms with van der Waals surface area (Å²) < 4.78 is 0. The third-order valence-corrected chi connectivity index (χ3v) is 4.27. The number of rotatable bonds is 8. The van der Waals surface area contributed by atoms with Gasteiger partial charge in [0.1, 0.15) is 0 Å². The average Bonchev–Trinajstić information content (AvgIpc) is 2.98. The molecule has 2 nitrogen and oxygen atoms in total. The SMILES string of the molecule is CCC1(CNCCNCC2CC2)CCC1. The summed E-state index contributed by atoms with van der Waals surface area (Å²) in [6.45, 7) is 7.13. The Balaban J connectivity index is 1.43. The van der Waals surface area contributed by atoms with Gasteiger partial charge in [-0.2, -0.15) is 0 Å². The van der Waals surface area contributed by atoms with E-state index in [1.807, 2.05) is 0 Å². The topological polar surface area (TPSA) is 24.1 Å². The molecule has 15 heavy (non-hydrogen) atoms. The second kappa shape index (κ2) is 5.31. The first-order valence-corrected chi connectivity index (χ1v) is 6.76. The standard InChI is InChI=1S/C13H26N2/c1-2-13(6-3-7-13)11-15-9-8-14-10-12-4-5-12/h12,14-15H,2-11H2,1H3. The Kier molecular flexibility index (Phi) is 4.04. The molecule has 88 valence electrons. The van der Waals surface area contributed by atoms with Crippen LogP contribution >= 0.6 is 0 Å². The third-order valence-electron chi connectivity index (χ3n) is 4.27. The molecule has 0 unspecified atom stereocenters. The molecule has 0 radical (unpaired) electrons. The Hall–Kier alpha value is -0.0800. The van der Waals surface area contributed by atoms with Gasteiger partial charge in [0.2, 0.25) is 0 Å². The Morgan fingerprint density at radius 3 is 2.40 bits per heavy atom. The van der Waals surface area contributed by atoms with Crippen LogP contribution in [-0.4, -0.2) is 26.2 Å². The van der Waals surface area contributed by atoms with Crippen molar-refractivity contribution in [1.82, 2.24) is 10.6 Å². The van der Waals surface area contributed by atoms with Gasteiger partial charge in [-0.05, 0) is 50.0 Å². The van der Waals surface area contributed by atoms with Crippen LogP contribution in [0.4, 0.5) is 0 Å². The van der Waals surface area contributed by atoms with E-state index < -0.39 is 0 Å². The minimum absolute atomic E-state index is 0.677. The van der Waals surface area contributed by atoms with Crippen molar-refractivity contribution in [2.24, 2.45) is 11.3 Å². The zero-order valence-corrected chi connectivity index (χ0v) is 10.1. The highest BCUT2D eigenvalue weighted by Gasteiger charge is 2.34. The van der Waals surface area contributed by atoms with Gasteiger partial charge in [-0.25, -0.2) is 0 Å². The van der Waals surface area contributed by atoms with Crippen molar-refractivity contribution in [2.45, 2.75) is 45.4 Å². The molecule has 0 bridgehead atoms. The summed E-state index contributed by atoms with van der Waals surface area (Å²) in [6, 6.07) is 0. The molecule has 2 saturated carbocycles. The van der Waals surface area contributed by atoms with E-state index in [9.17, 15) is 0 Å². The molecule has 2 N–H and O–H groups in total. The molecule has 0 atom stereocenters.